The number of allylic oxidation sites excluding steroid dienone is 5. The molecule has 0 spiro atoms. The zero-order chi connectivity index (χ0) is 25.2. The van der Waals surface area contributed by atoms with Gasteiger partial charge < -0.3 is 20.4 Å². The predicted molar refractivity (Wildman–Crippen MR) is 136 cm³/mol. The average Bonchev–Trinajstić information content (AvgIpc) is 3.41. The molecule has 0 radical (unpaired) electrons. The summed E-state index contributed by atoms with van der Waals surface area (Å²) in [6.45, 7) is -1.16. The molecule has 184 valence electrons. The van der Waals surface area contributed by atoms with Crippen LogP contribution in [0.1, 0.15) is 12.8 Å². The zero-order valence-electron chi connectivity index (χ0n) is 19.5. The van der Waals surface area contributed by atoms with Gasteiger partial charge in [0.1, 0.15) is 22.6 Å². The van der Waals surface area contributed by atoms with Gasteiger partial charge in [0.25, 0.3) is 5.56 Å². The third-order valence-corrected chi connectivity index (χ3v) is 6.09. The monoisotopic (exact) mass is 490 g/mol. The van der Waals surface area contributed by atoms with Crippen molar-refractivity contribution in [3.8, 4) is 16.9 Å². The van der Waals surface area contributed by atoms with Crippen molar-refractivity contribution in [2.45, 2.75) is 19.5 Å². The molecule has 3 aromatic rings. The van der Waals surface area contributed by atoms with Crippen molar-refractivity contribution in [1.29, 1.82) is 5.41 Å². The van der Waals surface area contributed by atoms with Crippen molar-refractivity contribution in [3.63, 3.8) is 0 Å². The van der Waals surface area contributed by atoms with E-state index >= 15 is 0 Å². The number of hydrogen-bond acceptors (Lipinski definition) is 7. The Kier molecular flexibility index (Phi) is 6.32. The number of anilines is 1. The maximum atomic E-state index is 13.9. The Morgan fingerprint density at radius 3 is 2.56 bits per heavy atom. The molecule has 5 rings (SSSR count). The third-order valence-electron chi connectivity index (χ3n) is 6.09. The van der Waals surface area contributed by atoms with Crippen LogP contribution in [0.4, 0.5) is 14.6 Å². The van der Waals surface area contributed by atoms with E-state index in [0.29, 0.717) is 39.1 Å². The van der Waals surface area contributed by atoms with Gasteiger partial charge in [-0.3, -0.25) is 4.79 Å². The standard InChI is InChI=1S/C26H24F2N6O2/c1-30-15-17-14-18(6-9-20(17)29)34-25(35)23(16-4-7-19(8-5-16)36-26(27)28)24-21(32-34)10-11-22(31-24)33-12-2-3-13-33/h4-11,14-15,26,29-30H,2-3,12-13H2,1H3/b17-15-,29-20?. The van der Waals surface area contributed by atoms with Crippen molar-refractivity contribution < 1.29 is 13.5 Å². The highest BCUT2D eigenvalue weighted by Crippen LogP contribution is 2.29. The van der Waals surface area contributed by atoms with Gasteiger partial charge in [0, 0.05) is 31.9 Å². The summed E-state index contributed by atoms with van der Waals surface area (Å²) in [4.78, 5) is 20.8. The van der Waals surface area contributed by atoms with Gasteiger partial charge in [-0.05, 0) is 60.9 Å². The van der Waals surface area contributed by atoms with E-state index in [2.05, 4.69) is 20.1 Å². The topological polar surface area (TPSA) is 96.1 Å². The summed E-state index contributed by atoms with van der Waals surface area (Å²) in [5.41, 5.74) is 2.73. The lowest BCUT2D eigenvalue weighted by Crippen LogP contribution is -2.26. The molecule has 1 fully saturated rings. The van der Waals surface area contributed by atoms with Crippen molar-refractivity contribution in [1.82, 2.24) is 20.1 Å². The summed E-state index contributed by atoms with van der Waals surface area (Å²) in [7, 11) is 1.73. The van der Waals surface area contributed by atoms with Crippen LogP contribution in [0.25, 0.3) is 27.9 Å². The van der Waals surface area contributed by atoms with Gasteiger partial charge in [0.2, 0.25) is 0 Å². The molecule has 0 amide bonds. The minimum Gasteiger partial charge on any atom is -0.435 e. The number of hydrogen-bond donors (Lipinski definition) is 2. The minimum atomic E-state index is -2.94. The summed E-state index contributed by atoms with van der Waals surface area (Å²) in [6, 6.07) is 9.66. The number of alkyl halides is 2. The number of nitrogens with zero attached hydrogens (tertiary/aromatic N) is 4. The van der Waals surface area contributed by atoms with Gasteiger partial charge >= 0.3 is 6.61 Å². The van der Waals surface area contributed by atoms with E-state index in [1.807, 2.05) is 12.1 Å². The summed E-state index contributed by atoms with van der Waals surface area (Å²) in [6.07, 6.45) is 8.79. The fourth-order valence-corrected chi connectivity index (χ4v) is 4.38. The van der Waals surface area contributed by atoms with Gasteiger partial charge in [0.05, 0.1) is 17.0 Å². The van der Waals surface area contributed by atoms with Gasteiger partial charge in [-0.2, -0.15) is 18.6 Å². The first-order valence-electron chi connectivity index (χ1n) is 11.6. The highest BCUT2D eigenvalue weighted by molar-refractivity contribution is 6.12. The Labute approximate surface area is 205 Å². The first-order valence-corrected chi connectivity index (χ1v) is 11.6. The second-order valence-corrected chi connectivity index (χ2v) is 8.43. The van der Waals surface area contributed by atoms with E-state index in [-0.39, 0.29) is 5.75 Å². The third kappa shape index (κ3) is 4.49. The van der Waals surface area contributed by atoms with Crippen LogP contribution in [-0.2, 0) is 0 Å². The molecule has 0 unspecified atom stereocenters. The maximum absolute atomic E-state index is 13.9. The number of ether oxygens (including phenoxy) is 1. The average molecular weight is 491 g/mol. The molecule has 3 heterocycles. The molecule has 0 atom stereocenters. The summed E-state index contributed by atoms with van der Waals surface area (Å²) in [5.74, 6) is 0.763. The summed E-state index contributed by atoms with van der Waals surface area (Å²) < 4.78 is 31.0. The number of nitrogens with one attached hydrogen (secondary N) is 2. The maximum Gasteiger partial charge on any atom is 0.387 e. The lowest BCUT2D eigenvalue weighted by molar-refractivity contribution is -0.0498. The Morgan fingerprint density at radius 1 is 1.11 bits per heavy atom. The number of fused-ring (bicyclic) bond motifs is 1. The molecule has 2 aliphatic rings. The number of pyridine rings is 1. The van der Waals surface area contributed by atoms with Crippen LogP contribution in [0.3, 0.4) is 0 Å². The van der Waals surface area contributed by atoms with E-state index < -0.39 is 12.2 Å². The molecule has 1 aromatic carbocycles. The minimum absolute atomic E-state index is 0.00330. The smallest absolute Gasteiger partial charge is 0.387 e. The quantitative estimate of drug-likeness (QED) is 0.538. The van der Waals surface area contributed by atoms with E-state index in [1.54, 1.807) is 43.6 Å². The Balaban J connectivity index is 1.71. The fourth-order valence-electron chi connectivity index (χ4n) is 4.38. The number of halogens is 2. The molecule has 8 nitrogen and oxygen atoms in total. The van der Waals surface area contributed by atoms with Gasteiger partial charge in [-0.15, -0.1) is 0 Å². The van der Waals surface area contributed by atoms with Crippen LogP contribution in [-0.4, -0.2) is 47.2 Å². The first kappa shape index (κ1) is 23.4. The Morgan fingerprint density at radius 2 is 1.86 bits per heavy atom. The SMILES string of the molecule is CN/C=C1/C=C(n2nc3ccc(N4CCCC4)nc3c(-c3ccc(OC(F)F)cc3)c2=O)C=CC1=N. The van der Waals surface area contributed by atoms with Crippen molar-refractivity contribution in [3.05, 3.63) is 76.8 Å². The molecule has 2 N–H and O–H groups in total. The Bertz CT molecular complexity index is 1470. The fraction of sp³-hybridized carbons (Fsp3) is 0.231. The predicted octanol–water partition coefficient (Wildman–Crippen LogP) is 4.19. The zero-order valence-corrected chi connectivity index (χ0v) is 19.5. The van der Waals surface area contributed by atoms with Crippen molar-refractivity contribution in [2.75, 3.05) is 25.0 Å². The second kappa shape index (κ2) is 9.73. The van der Waals surface area contributed by atoms with E-state index in [0.717, 1.165) is 31.7 Å². The summed E-state index contributed by atoms with van der Waals surface area (Å²) >= 11 is 0. The Hall–Kier alpha value is -4.34. The van der Waals surface area contributed by atoms with E-state index in [9.17, 15) is 13.6 Å². The highest BCUT2D eigenvalue weighted by Gasteiger charge is 2.21. The van der Waals surface area contributed by atoms with Crippen LogP contribution >= 0.6 is 0 Å². The molecular formula is C26H24F2N6O2. The molecule has 1 aliphatic carbocycles. The van der Waals surface area contributed by atoms with Crippen LogP contribution in [0.5, 0.6) is 5.75 Å². The van der Waals surface area contributed by atoms with E-state index in [4.69, 9.17) is 10.4 Å². The molecule has 1 aliphatic heterocycles. The van der Waals surface area contributed by atoms with Crippen molar-refractivity contribution in [2.24, 2.45) is 0 Å². The van der Waals surface area contributed by atoms with Crippen LogP contribution in [0.2, 0.25) is 0 Å². The van der Waals surface area contributed by atoms with Crippen LogP contribution in [0.15, 0.2) is 71.2 Å². The largest absolute Gasteiger partial charge is 0.435 e. The first-order chi connectivity index (χ1) is 17.4. The number of benzene rings is 1. The lowest BCUT2D eigenvalue weighted by Gasteiger charge is -2.18. The van der Waals surface area contributed by atoms with Gasteiger partial charge in [-0.1, -0.05) is 12.1 Å². The van der Waals surface area contributed by atoms with Crippen LogP contribution in [0, 0.1) is 5.41 Å². The number of rotatable bonds is 6. The molecule has 10 heteroatoms. The number of aromatic nitrogens is 3. The lowest BCUT2D eigenvalue weighted by atomic mass is 10.0. The molecule has 0 bridgehead atoms. The molecule has 36 heavy (non-hydrogen) atoms. The van der Waals surface area contributed by atoms with E-state index in [1.165, 1.54) is 16.8 Å². The van der Waals surface area contributed by atoms with Crippen LogP contribution < -0.4 is 20.5 Å². The van der Waals surface area contributed by atoms with Gasteiger partial charge in [0.15, 0.2) is 0 Å². The summed E-state index contributed by atoms with van der Waals surface area (Å²) in [5, 5.41) is 15.6. The van der Waals surface area contributed by atoms with Crippen molar-refractivity contribution >= 4 is 28.3 Å². The highest BCUT2D eigenvalue weighted by atomic mass is 19.3. The molecule has 0 saturated carbocycles. The second-order valence-electron chi connectivity index (χ2n) is 8.43. The molecular weight excluding hydrogens is 466 g/mol. The normalized spacial score (nSPS) is 16.8. The molecule has 1 saturated heterocycles. The van der Waals surface area contributed by atoms with Gasteiger partial charge in [-0.25, -0.2) is 4.98 Å². The molecule has 2 aromatic heterocycles.